The number of hydrogen-bond acceptors (Lipinski definition) is 2. The summed E-state index contributed by atoms with van der Waals surface area (Å²) in [6, 6.07) is 7.01. The maximum absolute atomic E-state index is 12.3. The van der Waals surface area contributed by atoms with Crippen molar-refractivity contribution in [2.45, 2.75) is 25.7 Å². The lowest BCUT2D eigenvalue weighted by molar-refractivity contribution is -0.134. The summed E-state index contributed by atoms with van der Waals surface area (Å²) < 4.78 is 0. The third kappa shape index (κ3) is 3.38. The molecule has 0 radical (unpaired) electrons. The Hall–Kier alpha value is -1.55. The highest BCUT2D eigenvalue weighted by molar-refractivity contribution is 6.30. The van der Waals surface area contributed by atoms with Crippen molar-refractivity contribution in [3.63, 3.8) is 0 Å². The van der Waals surface area contributed by atoms with Crippen LogP contribution in [0.15, 0.2) is 24.3 Å². The summed E-state index contributed by atoms with van der Waals surface area (Å²) in [4.78, 5) is 26.4. The van der Waals surface area contributed by atoms with E-state index in [0.717, 1.165) is 31.6 Å². The maximum atomic E-state index is 12.3. The number of carbonyl (C=O) groups excluding carboxylic acids is 2. The van der Waals surface area contributed by atoms with Crippen LogP contribution < -0.4 is 5.32 Å². The van der Waals surface area contributed by atoms with Crippen molar-refractivity contribution in [3.8, 4) is 0 Å². The molecule has 1 saturated carbocycles. The predicted octanol–water partition coefficient (Wildman–Crippen LogP) is 2.93. The summed E-state index contributed by atoms with van der Waals surface area (Å²) in [5.74, 6) is -0.191. The number of anilines is 1. The molecule has 1 aromatic rings. The van der Waals surface area contributed by atoms with E-state index in [1.807, 2.05) is 4.90 Å². The molecule has 1 N–H and O–H groups in total. The van der Waals surface area contributed by atoms with Gasteiger partial charge in [-0.25, -0.2) is 0 Å². The van der Waals surface area contributed by atoms with E-state index in [1.54, 1.807) is 24.3 Å². The zero-order valence-corrected chi connectivity index (χ0v) is 12.6. The van der Waals surface area contributed by atoms with Crippen LogP contribution in [0.2, 0.25) is 5.02 Å². The molecule has 1 aromatic carbocycles. The number of nitrogens with zero attached hydrogens (tertiary/aromatic N) is 1. The number of rotatable bonds is 3. The molecule has 1 saturated heterocycles. The molecule has 5 heteroatoms. The highest BCUT2D eigenvalue weighted by atomic mass is 35.5. The van der Waals surface area contributed by atoms with Gasteiger partial charge in [0.15, 0.2) is 0 Å². The van der Waals surface area contributed by atoms with Crippen LogP contribution in [0.4, 0.5) is 5.69 Å². The first-order valence-electron chi connectivity index (χ1n) is 7.50. The van der Waals surface area contributed by atoms with E-state index in [4.69, 9.17) is 11.6 Å². The molecular weight excluding hydrogens is 288 g/mol. The fraction of sp³-hybridized carbons (Fsp3) is 0.500. The number of amides is 2. The molecule has 2 unspecified atom stereocenters. The largest absolute Gasteiger partial charge is 0.342 e. The van der Waals surface area contributed by atoms with Crippen LogP contribution in [0.3, 0.4) is 0 Å². The average Bonchev–Trinajstić information content (AvgIpc) is 3.30. The molecule has 4 nitrogen and oxygen atoms in total. The first kappa shape index (κ1) is 14.4. The van der Waals surface area contributed by atoms with E-state index in [1.165, 1.54) is 6.42 Å². The van der Waals surface area contributed by atoms with Crippen molar-refractivity contribution in [3.05, 3.63) is 29.3 Å². The highest BCUT2D eigenvalue weighted by Gasteiger charge is 2.49. The molecule has 2 aliphatic rings. The molecule has 1 aliphatic heterocycles. The number of carbonyl (C=O) groups is 2. The highest BCUT2D eigenvalue weighted by Crippen LogP contribution is 2.41. The first-order chi connectivity index (χ1) is 10.1. The number of benzene rings is 1. The zero-order valence-electron chi connectivity index (χ0n) is 11.8. The van der Waals surface area contributed by atoms with Gasteiger partial charge in [0.05, 0.1) is 11.8 Å². The predicted molar refractivity (Wildman–Crippen MR) is 82.1 cm³/mol. The SMILES string of the molecule is O=C(Nc1ccc(Cl)cc1)C1CC1C(=O)N1CCCCC1. The van der Waals surface area contributed by atoms with E-state index in [-0.39, 0.29) is 23.7 Å². The minimum absolute atomic E-state index is 0.0623. The minimum Gasteiger partial charge on any atom is -0.342 e. The quantitative estimate of drug-likeness (QED) is 0.933. The standard InChI is InChI=1S/C16H19ClN2O2/c17-11-4-6-12(7-5-11)18-15(20)13-10-14(13)16(21)19-8-2-1-3-9-19/h4-7,13-14H,1-3,8-10H2,(H,18,20). The Morgan fingerprint density at radius 3 is 2.38 bits per heavy atom. The van der Waals surface area contributed by atoms with E-state index < -0.39 is 0 Å². The molecule has 0 spiro atoms. The van der Waals surface area contributed by atoms with Gasteiger partial charge in [0.2, 0.25) is 11.8 Å². The normalized spacial score (nSPS) is 24.5. The summed E-state index contributed by atoms with van der Waals surface area (Å²) in [7, 11) is 0. The second-order valence-electron chi connectivity index (χ2n) is 5.83. The van der Waals surface area contributed by atoms with Gasteiger partial charge in [0, 0.05) is 23.8 Å². The maximum Gasteiger partial charge on any atom is 0.228 e. The van der Waals surface area contributed by atoms with Gasteiger partial charge in [0.25, 0.3) is 0 Å². The molecule has 0 aromatic heterocycles. The van der Waals surface area contributed by atoms with Crippen LogP contribution in [0, 0.1) is 11.8 Å². The molecule has 2 atom stereocenters. The lowest BCUT2D eigenvalue weighted by atomic mass is 10.1. The third-order valence-electron chi connectivity index (χ3n) is 4.22. The summed E-state index contributed by atoms with van der Waals surface area (Å²) in [5, 5.41) is 3.49. The Labute approximate surface area is 129 Å². The van der Waals surface area contributed by atoms with E-state index >= 15 is 0 Å². The number of nitrogens with one attached hydrogen (secondary N) is 1. The fourth-order valence-electron chi connectivity index (χ4n) is 2.87. The molecule has 3 rings (SSSR count). The Morgan fingerprint density at radius 2 is 1.71 bits per heavy atom. The van der Waals surface area contributed by atoms with Crippen LogP contribution in [0.25, 0.3) is 0 Å². The van der Waals surface area contributed by atoms with Crippen LogP contribution in [0.1, 0.15) is 25.7 Å². The van der Waals surface area contributed by atoms with Crippen molar-refractivity contribution in [1.82, 2.24) is 4.90 Å². The summed E-state index contributed by atoms with van der Waals surface area (Å²) in [6.45, 7) is 1.70. The van der Waals surface area contributed by atoms with Gasteiger partial charge >= 0.3 is 0 Å². The Bertz CT molecular complexity index is 538. The third-order valence-corrected chi connectivity index (χ3v) is 4.48. The van der Waals surface area contributed by atoms with Crippen molar-refractivity contribution in [1.29, 1.82) is 0 Å². The number of hydrogen-bond donors (Lipinski definition) is 1. The number of piperidine rings is 1. The molecule has 112 valence electrons. The molecule has 21 heavy (non-hydrogen) atoms. The van der Waals surface area contributed by atoms with E-state index in [9.17, 15) is 9.59 Å². The lowest BCUT2D eigenvalue weighted by Gasteiger charge is -2.26. The van der Waals surface area contributed by atoms with Crippen molar-refractivity contribution in [2.24, 2.45) is 11.8 Å². The Morgan fingerprint density at radius 1 is 1.05 bits per heavy atom. The minimum atomic E-state index is -0.171. The van der Waals surface area contributed by atoms with Crippen molar-refractivity contribution < 1.29 is 9.59 Å². The van der Waals surface area contributed by atoms with Crippen LogP contribution >= 0.6 is 11.6 Å². The van der Waals surface area contributed by atoms with Gasteiger partial charge in [-0.15, -0.1) is 0 Å². The first-order valence-corrected chi connectivity index (χ1v) is 7.88. The van der Waals surface area contributed by atoms with Crippen LogP contribution in [-0.4, -0.2) is 29.8 Å². The molecule has 1 heterocycles. The summed E-state index contributed by atoms with van der Waals surface area (Å²) in [6.07, 6.45) is 4.05. The topological polar surface area (TPSA) is 49.4 Å². The van der Waals surface area contributed by atoms with E-state index in [2.05, 4.69) is 5.32 Å². The molecule has 2 fully saturated rings. The fourth-order valence-corrected chi connectivity index (χ4v) is 3.00. The van der Waals surface area contributed by atoms with Gasteiger partial charge in [-0.3, -0.25) is 9.59 Å². The van der Waals surface area contributed by atoms with Crippen molar-refractivity contribution in [2.75, 3.05) is 18.4 Å². The molecular formula is C16H19ClN2O2. The smallest absolute Gasteiger partial charge is 0.228 e. The van der Waals surface area contributed by atoms with E-state index in [0.29, 0.717) is 11.4 Å². The lowest BCUT2D eigenvalue weighted by Crippen LogP contribution is -2.37. The van der Waals surface area contributed by atoms with Gasteiger partial charge < -0.3 is 10.2 Å². The van der Waals surface area contributed by atoms with Crippen LogP contribution in [-0.2, 0) is 9.59 Å². The summed E-state index contributed by atoms with van der Waals surface area (Å²) in [5.41, 5.74) is 0.723. The monoisotopic (exact) mass is 306 g/mol. The van der Waals surface area contributed by atoms with Gasteiger partial charge in [-0.1, -0.05) is 11.6 Å². The number of likely N-dealkylation sites (tertiary alicyclic amines) is 1. The Kier molecular flexibility index (Phi) is 4.15. The van der Waals surface area contributed by atoms with Gasteiger partial charge in [-0.05, 0) is 49.9 Å². The second-order valence-corrected chi connectivity index (χ2v) is 6.27. The van der Waals surface area contributed by atoms with Gasteiger partial charge in [0.1, 0.15) is 0 Å². The molecule has 0 bridgehead atoms. The average molecular weight is 307 g/mol. The zero-order chi connectivity index (χ0) is 14.8. The molecule has 2 amide bonds. The second kappa shape index (κ2) is 6.06. The number of halogens is 1. The molecule has 1 aliphatic carbocycles. The van der Waals surface area contributed by atoms with Crippen LogP contribution in [0.5, 0.6) is 0 Å². The Balaban J connectivity index is 1.53. The van der Waals surface area contributed by atoms with Gasteiger partial charge in [-0.2, -0.15) is 0 Å². The van der Waals surface area contributed by atoms with Crippen molar-refractivity contribution >= 4 is 29.1 Å². The summed E-state index contributed by atoms with van der Waals surface area (Å²) >= 11 is 5.81.